The van der Waals surface area contributed by atoms with Gasteiger partial charge in [0.2, 0.25) is 0 Å². The van der Waals surface area contributed by atoms with E-state index in [9.17, 15) is 5.11 Å². The number of hydrogen-bond donors (Lipinski definition) is 1. The second kappa shape index (κ2) is 10.7. The molecule has 2 heteroatoms. The average molecular weight is 270 g/mol. The van der Waals surface area contributed by atoms with Crippen LogP contribution in [-0.4, -0.2) is 18.0 Å². The summed E-state index contributed by atoms with van der Waals surface area (Å²) in [5.41, 5.74) is 0. The Kier molecular flexibility index (Phi) is 9.54. The molecule has 3 atom stereocenters. The smallest absolute Gasteiger partial charge is 0.157 e. The Morgan fingerprint density at radius 1 is 0.895 bits per heavy atom. The van der Waals surface area contributed by atoms with Crippen LogP contribution in [0.25, 0.3) is 0 Å². The van der Waals surface area contributed by atoms with Crippen molar-refractivity contribution in [3.8, 4) is 0 Å². The van der Waals surface area contributed by atoms with Crippen molar-refractivity contribution in [3.63, 3.8) is 0 Å². The molecule has 0 saturated carbocycles. The summed E-state index contributed by atoms with van der Waals surface area (Å²) in [4.78, 5) is 0. The SMILES string of the molecule is CCCCCCC1COC(O)C(CCCCCC)C1. The van der Waals surface area contributed by atoms with Gasteiger partial charge < -0.3 is 9.84 Å². The molecular weight excluding hydrogens is 236 g/mol. The Hall–Kier alpha value is -0.0800. The van der Waals surface area contributed by atoms with Crippen LogP contribution in [0.15, 0.2) is 0 Å². The van der Waals surface area contributed by atoms with Crippen molar-refractivity contribution in [2.45, 2.75) is 90.8 Å². The summed E-state index contributed by atoms with van der Waals surface area (Å²) in [5, 5.41) is 9.93. The minimum atomic E-state index is -0.492. The Labute approximate surface area is 119 Å². The van der Waals surface area contributed by atoms with Gasteiger partial charge in [-0.1, -0.05) is 65.2 Å². The van der Waals surface area contributed by atoms with Gasteiger partial charge in [-0.3, -0.25) is 0 Å². The van der Waals surface area contributed by atoms with Crippen molar-refractivity contribution in [1.29, 1.82) is 0 Å². The van der Waals surface area contributed by atoms with E-state index < -0.39 is 6.29 Å². The van der Waals surface area contributed by atoms with Crippen molar-refractivity contribution in [1.82, 2.24) is 0 Å². The van der Waals surface area contributed by atoms with E-state index in [0.29, 0.717) is 11.8 Å². The van der Waals surface area contributed by atoms with Crippen molar-refractivity contribution in [2.75, 3.05) is 6.61 Å². The molecule has 0 bridgehead atoms. The highest BCUT2D eigenvalue weighted by molar-refractivity contribution is 4.74. The molecule has 114 valence electrons. The summed E-state index contributed by atoms with van der Waals surface area (Å²) in [7, 11) is 0. The largest absolute Gasteiger partial charge is 0.368 e. The Balaban J connectivity index is 2.16. The molecule has 0 radical (unpaired) electrons. The van der Waals surface area contributed by atoms with Crippen molar-refractivity contribution in [3.05, 3.63) is 0 Å². The molecule has 1 rings (SSSR count). The Morgan fingerprint density at radius 3 is 2.16 bits per heavy atom. The van der Waals surface area contributed by atoms with Gasteiger partial charge in [-0.2, -0.15) is 0 Å². The molecule has 2 nitrogen and oxygen atoms in total. The highest BCUT2D eigenvalue weighted by atomic mass is 16.6. The molecule has 0 spiro atoms. The van der Waals surface area contributed by atoms with Crippen LogP contribution in [0.2, 0.25) is 0 Å². The number of aliphatic hydroxyl groups is 1. The van der Waals surface area contributed by atoms with E-state index in [1.54, 1.807) is 0 Å². The van der Waals surface area contributed by atoms with E-state index in [1.165, 1.54) is 64.2 Å². The van der Waals surface area contributed by atoms with Crippen LogP contribution in [-0.2, 0) is 4.74 Å². The fourth-order valence-electron chi connectivity index (χ4n) is 3.14. The first-order chi connectivity index (χ1) is 9.27. The molecule has 3 unspecified atom stereocenters. The highest BCUT2D eigenvalue weighted by Crippen LogP contribution is 2.31. The number of ether oxygens (including phenoxy) is 1. The number of hydrogen-bond acceptors (Lipinski definition) is 2. The quantitative estimate of drug-likeness (QED) is 0.572. The molecule has 1 heterocycles. The first-order valence-electron chi connectivity index (χ1n) is 8.57. The summed E-state index contributed by atoms with van der Waals surface area (Å²) in [6.45, 7) is 5.27. The number of rotatable bonds is 10. The standard InChI is InChI=1S/C17H34O2/c1-3-5-7-9-11-15-13-16(17(18)19-14-15)12-10-8-6-4-2/h15-18H,3-14H2,1-2H3. The second-order valence-electron chi connectivity index (χ2n) is 6.28. The zero-order chi connectivity index (χ0) is 13.9. The van der Waals surface area contributed by atoms with Crippen LogP contribution < -0.4 is 0 Å². The third kappa shape index (κ3) is 7.31. The first-order valence-corrected chi connectivity index (χ1v) is 8.57. The number of unbranched alkanes of at least 4 members (excludes halogenated alkanes) is 6. The Morgan fingerprint density at radius 2 is 1.53 bits per heavy atom. The second-order valence-corrected chi connectivity index (χ2v) is 6.28. The van der Waals surface area contributed by atoms with Crippen LogP contribution in [0.4, 0.5) is 0 Å². The molecule has 0 aromatic heterocycles. The average Bonchev–Trinajstić information content (AvgIpc) is 2.42. The zero-order valence-electron chi connectivity index (χ0n) is 13.1. The molecule has 0 aliphatic carbocycles. The predicted molar refractivity (Wildman–Crippen MR) is 81.1 cm³/mol. The maximum absolute atomic E-state index is 9.93. The van der Waals surface area contributed by atoms with E-state index in [2.05, 4.69) is 13.8 Å². The maximum atomic E-state index is 9.93. The first kappa shape index (κ1) is 17.0. The summed E-state index contributed by atoms with van der Waals surface area (Å²) < 4.78 is 5.57. The molecule has 1 saturated heterocycles. The van der Waals surface area contributed by atoms with Crippen molar-refractivity contribution >= 4 is 0 Å². The van der Waals surface area contributed by atoms with E-state index >= 15 is 0 Å². The third-order valence-corrected chi connectivity index (χ3v) is 4.44. The van der Waals surface area contributed by atoms with Gasteiger partial charge in [-0.05, 0) is 25.2 Å². The van der Waals surface area contributed by atoms with Gasteiger partial charge in [-0.15, -0.1) is 0 Å². The highest BCUT2D eigenvalue weighted by Gasteiger charge is 2.29. The van der Waals surface area contributed by atoms with Gasteiger partial charge in [0, 0.05) is 5.92 Å². The molecular formula is C17H34O2. The van der Waals surface area contributed by atoms with E-state index in [4.69, 9.17) is 4.74 Å². The normalized spacial score (nSPS) is 27.6. The molecule has 0 aromatic carbocycles. The molecule has 1 N–H and O–H groups in total. The van der Waals surface area contributed by atoms with E-state index in [-0.39, 0.29) is 0 Å². The monoisotopic (exact) mass is 270 g/mol. The summed E-state index contributed by atoms with van der Waals surface area (Å²) in [6, 6.07) is 0. The van der Waals surface area contributed by atoms with Crippen LogP contribution in [0, 0.1) is 11.8 Å². The van der Waals surface area contributed by atoms with Crippen LogP contribution >= 0.6 is 0 Å². The van der Waals surface area contributed by atoms with Crippen LogP contribution in [0.3, 0.4) is 0 Å². The Bertz CT molecular complexity index is 205. The molecule has 0 amide bonds. The number of aliphatic hydroxyl groups excluding tert-OH is 1. The van der Waals surface area contributed by atoms with Crippen molar-refractivity contribution in [2.24, 2.45) is 11.8 Å². The molecule has 1 aliphatic heterocycles. The maximum Gasteiger partial charge on any atom is 0.157 e. The third-order valence-electron chi connectivity index (χ3n) is 4.44. The van der Waals surface area contributed by atoms with Gasteiger partial charge >= 0.3 is 0 Å². The fourth-order valence-corrected chi connectivity index (χ4v) is 3.14. The predicted octanol–water partition coefficient (Wildman–Crippen LogP) is 4.90. The lowest BCUT2D eigenvalue weighted by atomic mass is 9.85. The molecule has 1 aliphatic rings. The minimum absolute atomic E-state index is 0.391. The topological polar surface area (TPSA) is 29.5 Å². The minimum Gasteiger partial charge on any atom is -0.368 e. The lowest BCUT2D eigenvalue weighted by Gasteiger charge is -2.33. The van der Waals surface area contributed by atoms with E-state index in [0.717, 1.165) is 13.0 Å². The van der Waals surface area contributed by atoms with E-state index in [1.807, 2.05) is 0 Å². The zero-order valence-corrected chi connectivity index (χ0v) is 13.1. The van der Waals surface area contributed by atoms with Crippen molar-refractivity contribution < 1.29 is 9.84 Å². The van der Waals surface area contributed by atoms with Gasteiger partial charge in [0.1, 0.15) is 0 Å². The fraction of sp³-hybridized carbons (Fsp3) is 1.00. The van der Waals surface area contributed by atoms with Gasteiger partial charge in [0.05, 0.1) is 6.61 Å². The summed E-state index contributed by atoms with van der Waals surface area (Å²) in [5.74, 6) is 1.08. The van der Waals surface area contributed by atoms with Gasteiger partial charge in [0.25, 0.3) is 0 Å². The molecule has 0 aromatic rings. The van der Waals surface area contributed by atoms with Gasteiger partial charge in [0.15, 0.2) is 6.29 Å². The summed E-state index contributed by atoms with van der Waals surface area (Å²) in [6.07, 6.45) is 13.6. The summed E-state index contributed by atoms with van der Waals surface area (Å²) >= 11 is 0. The lowest BCUT2D eigenvalue weighted by molar-refractivity contribution is -0.177. The molecule has 19 heavy (non-hydrogen) atoms. The lowest BCUT2D eigenvalue weighted by Crippen LogP contribution is -2.34. The van der Waals surface area contributed by atoms with Crippen LogP contribution in [0.5, 0.6) is 0 Å². The molecule has 1 fully saturated rings. The van der Waals surface area contributed by atoms with Gasteiger partial charge in [-0.25, -0.2) is 0 Å². The van der Waals surface area contributed by atoms with Crippen LogP contribution in [0.1, 0.15) is 84.5 Å².